The van der Waals surface area contributed by atoms with Gasteiger partial charge in [-0.1, -0.05) is 11.6 Å². The number of benzene rings is 2. The Bertz CT molecular complexity index is 1070. The zero-order valence-corrected chi connectivity index (χ0v) is 17.6. The van der Waals surface area contributed by atoms with Crippen molar-refractivity contribution in [2.24, 2.45) is 4.40 Å². The lowest BCUT2D eigenvalue weighted by Crippen LogP contribution is -2.35. The monoisotopic (exact) mass is 452 g/mol. The number of nitrogens with zero attached hydrogens (tertiary/aromatic N) is 2. The van der Waals surface area contributed by atoms with Crippen LogP contribution in [-0.2, 0) is 14.8 Å². The summed E-state index contributed by atoms with van der Waals surface area (Å²) in [6.07, 6.45) is 0.552. The molecule has 0 aromatic heterocycles. The SMILES string of the molecule is O=C(OCCCOc1ccc(Cl)cc1)c1ccc2c(c1)SC1=NS(=O)(=O)CCN12. The quantitative estimate of drug-likeness (QED) is 0.489. The van der Waals surface area contributed by atoms with Crippen LogP contribution in [-0.4, -0.2) is 45.1 Å². The molecule has 0 unspecified atom stereocenters. The largest absolute Gasteiger partial charge is 0.493 e. The Morgan fingerprint density at radius 2 is 1.97 bits per heavy atom. The third-order valence-corrected chi connectivity index (χ3v) is 6.87. The smallest absolute Gasteiger partial charge is 0.338 e. The summed E-state index contributed by atoms with van der Waals surface area (Å²) in [5.41, 5.74) is 1.27. The van der Waals surface area contributed by atoms with Crippen LogP contribution in [0.2, 0.25) is 5.02 Å². The average molecular weight is 453 g/mol. The van der Waals surface area contributed by atoms with Crippen LogP contribution in [0, 0.1) is 0 Å². The number of carbonyl (C=O) groups is 1. The maximum Gasteiger partial charge on any atom is 0.338 e. The Kier molecular flexibility index (Phi) is 5.71. The van der Waals surface area contributed by atoms with Crippen molar-refractivity contribution in [2.45, 2.75) is 11.3 Å². The van der Waals surface area contributed by atoms with Crippen molar-refractivity contribution in [2.75, 3.05) is 30.4 Å². The summed E-state index contributed by atoms with van der Waals surface area (Å²) < 4.78 is 38.0. The van der Waals surface area contributed by atoms with E-state index in [0.717, 1.165) is 10.6 Å². The molecule has 4 rings (SSSR count). The second-order valence-electron chi connectivity index (χ2n) is 6.39. The van der Waals surface area contributed by atoms with E-state index in [-0.39, 0.29) is 12.4 Å². The van der Waals surface area contributed by atoms with Crippen molar-refractivity contribution in [1.29, 1.82) is 0 Å². The molecule has 152 valence electrons. The van der Waals surface area contributed by atoms with Crippen molar-refractivity contribution in [3.8, 4) is 5.75 Å². The number of carbonyl (C=O) groups excluding carboxylic acids is 1. The predicted molar refractivity (Wildman–Crippen MR) is 113 cm³/mol. The summed E-state index contributed by atoms with van der Waals surface area (Å²) in [6.45, 7) is 1.00. The van der Waals surface area contributed by atoms with E-state index in [2.05, 4.69) is 4.40 Å². The van der Waals surface area contributed by atoms with Crippen molar-refractivity contribution in [1.82, 2.24) is 0 Å². The Labute approximate surface area is 177 Å². The van der Waals surface area contributed by atoms with Crippen molar-refractivity contribution in [3.05, 3.63) is 53.1 Å². The molecule has 0 saturated carbocycles. The number of fused-ring (bicyclic) bond motifs is 3. The van der Waals surface area contributed by atoms with Gasteiger partial charge in [0.25, 0.3) is 10.0 Å². The average Bonchev–Trinajstić information content (AvgIpc) is 3.04. The van der Waals surface area contributed by atoms with Crippen LogP contribution in [0.5, 0.6) is 5.75 Å². The second-order valence-corrected chi connectivity index (χ2v) is 9.59. The van der Waals surface area contributed by atoms with Gasteiger partial charge in [0.2, 0.25) is 0 Å². The molecule has 0 bridgehead atoms. The molecule has 2 heterocycles. The third-order valence-electron chi connectivity index (χ3n) is 4.31. The van der Waals surface area contributed by atoms with Gasteiger partial charge in [-0.15, -0.1) is 4.40 Å². The third kappa shape index (κ3) is 4.68. The molecule has 2 aliphatic rings. The minimum absolute atomic E-state index is 0.0155. The first-order valence-electron chi connectivity index (χ1n) is 8.89. The van der Waals surface area contributed by atoms with Gasteiger partial charge in [-0.2, -0.15) is 0 Å². The lowest BCUT2D eigenvalue weighted by Gasteiger charge is -2.22. The fourth-order valence-corrected chi connectivity index (χ4v) is 5.31. The van der Waals surface area contributed by atoms with E-state index in [1.165, 1.54) is 11.8 Å². The first kappa shape index (κ1) is 20.1. The molecule has 0 radical (unpaired) electrons. The molecule has 0 atom stereocenters. The Balaban J connectivity index is 1.30. The van der Waals surface area contributed by atoms with Crippen LogP contribution < -0.4 is 9.64 Å². The van der Waals surface area contributed by atoms with Crippen molar-refractivity contribution < 1.29 is 22.7 Å². The highest BCUT2D eigenvalue weighted by Crippen LogP contribution is 2.42. The van der Waals surface area contributed by atoms with Crippen molar-refractivity contribution >= 4 is 50.2 Å². The molecule has 2 aromatic rings. The lowest BCUT2D eigenvalue weighted by molar-refractivity contribution is 0.0485. The van der Waals surface area contributed by atoms with E-state index in [9.17, 15) is 13.2 Å². The maximum absolute atomic E-state index is 12.3. The Morgan fingerprint density at radius 3 is 2.76 bits per heavy atom. The number of hydrogen-bond acceptors (Lipinski definition) is 7. The molecule has 0 fully saturated rings. The van der Waals surface area contributed by atoms with E-state index in [0.29, 0.717) is 41.1 Å². The number of thioether (sulfide) groups is 1. The highest BCUT2D eigenvalue weighted by atomic mass is 35.5. The van der Waals surface area contributed by atoms with Crippen LogP contribution in [0.1, 0.15) is 16.8 Å². The number of hydrogen-bond donors (Lipinski definition) is 0. The fraction of sp³-hybridized carbons (Fsp3) is 0.263. The number of halogens is 1. The molecule has 0 spiro atoms. The van der Waals surface area contributed by atoms with Gasteiger partial charge in [-0.3, -0.25) is 0 Å². The molecule has 0 N–H and O–H groups in total. The van der Waals surface area contributed by atoms with Crippen LogP contribution in [0.15, 0.2) is 51.8 Å². The van der Waals surface area contributed by atoms with Crippen LogP contribution in [0.4, 0.5) is 5.69 Å². The van der Waals surface area contributed by atoms with Crippen molar-refractivity contribution in [3.63, 3.8) is 0 Å². The zero-order valence-electron chi connectivity index (χ0n) is 15.2. The maximum atomic E-state index is 12.3. The lowest BCUT2D eigenvalue weighted by atomic mass is 10.2. The van der Waals surface area contributed by atoms with Crippen LogP contribution >= 0.6 is 23.4 Å². The molecule has 0 saturated heterocycles. The predicted octanol–water partition coefficient (Wildman–Crippen LogP) is 3.58. The summed E-state index contributed by atoms with van der Waals surface area (Å²) in [7, 11) is -3.41. The zero-order chi connectivity index (χ0) is 20.4. The van der Waals surface area contributed by atoms with E-state index in [1.54, 1.807) is 42.5 Å². The molecule has 29 heavy (non-hydrogen) atoms. The van der Waals surface area contributed by atoms with E-state index in [1.807, 2.05) is 4.90 Å². The number of amidine groups is 1. The van der Waals surface area contributed by atoms with Gasteiger partial charge in [0.15, 0.2) is 5.17 Å². The van der Waals surface area contributed by atoms with Gasteiger partial charge in [0, 0.05) is 22.9 Å². The first-order valence-corrected chi connectivity index (χ1v) is 11.7. The van der Waals surface area contributed by atoms with Gasteiger partial charge >= 0.3 is 5.97 Å². The number of sulfonamides is 1. The van der Waals surface area contributed by atoms with Gasteiger partial charge in [-0.05, 0) is 54.2 Å². The fourth-order valence-electron chi connectivity index (χ4n) is 2.89. The van der Waals surface area contributed by atoms with E-state index < -0.39 is 16.0 Å². The van der Waals surface area contributed by atoms with Gasteiger partial charge in [-0.25, -0.2) is 13.2 Å². The number of esters is 1. The number of ether oxygens (including phenoxy) is 2. The van der Waals surface area contributed by atoms with E-state index >= 15 is 0 Å². The Hall–Kier alpha value is -2.23. The molecule has 2 aromatic carbocycles. The topological polar surface area (TPSA) is 85.3 Å². The Morgan fingerprint density at radius 1 is 1.17 bits per heavy atom. The summed E-state index contributed by atoms with van der Waals surface area (Å²) in [5.74, 6) is 0.260. The molecule has 2 aliphatic heterocycles. The molecular formula is C19H17ClN2O5S2. The van der Waals surface area contributed by atoms with Gasteiger partial charge < -0.3 is 14.4 Å². The molecule has 7 nitrogen and oxygen atoms in total. The standard InChI is InChI=1S/C19H17ClN2O5S2/c20-14-3-5-15(6-4-14)26-9-1-10-27-18(23)13-2-7-16-17(12-13)28-19-21-29(24,25)11-8-22(16)19/h2-7,12H,1,8-11H2. The molecule has 10 heteroatoms. The normalized spacial score (nSPS) is 16.6. The minimum Gasteiger partial charge on any atom is -0.493 e. The number of rotatable bonds is 6. The van der Waals surface area contributed by atoms with Gasteiger partial charge in [0.1, 0.15) is 5.75 Å². The second kappa shape index (κ2) is 8.25. The minimum atomic E-state index is -3.41. The summed E-state index contributed by atoms with van der Waals surface area (Å²) in [6, 6.07) is 12.2. The van der Waals surface area contributed by atoms with Crippen LogP contribution in [0.25, 0.3) is 0 Å². The molecular weight excluding hydrogens is 436 g/mol. The summed E-state index contributed by atoms with van der Waals surface area (Å²) in [4.78, 5) is 15.0. The highest BCUT2D eigenvalue weighted by molar-refractivity contribution is 8.15. The van der Waals surface area contributed by atoms with Gasteiger partial charge in [0.05, 0.1) is 30.2 Å². The number of anilines is 1. The summed E-state index contributed by atoms with van der Waals surface area (Å²) in [5, 5.41) is 1.07. The first-order chi connectivity index (χ1) is 13.9. The highest BCUT2D eigenvalue weighted by Gasteiger charge is 2.33. The summed E-state index contributed by atoms with van der Waals surface area (Å²) >= 11 is 7.07. The van der Waals surface area contributed by atoms with Crippen LogP contribution in [0.3, 0.4) is 0 Å². The van der Waals surface area contributed by atoms with E-state index in [4.69, 9.17) is 21.1 Å². The molecule has 0 amide bonds. The molecule has 0 aliphatic carbocycles.